The quantitative estimate of drug-likeness (QED) is 0.601. The summed E-state index contributed by atoms with van der Waals surface area (Å²) in [6, 6.07) is 3.53. The summed E-state index contributed by atoms with van der Waals surface area (Å²) in [5, 5.41) is 12.0. The molecule has 2 aromatic heterocycles. The number of carboxylic acid groups (broad SMARTS) is 1. The Hall–Kier alpha value is -3.36. The largest absolute Gasteiger partial charge is 0.480 e. The van der Waals surface area contributed by atoms with Crippen molar-refractivity contribution < 1.29 is 33.1 Å². The zero-order valence-corrected chi connectivity index (χ0v) is 20.2. The van der Waals surface area contributed by atoms with Crippen LogP contribution < -0.4 is 5.32 Å². The van der Waals surface area contributed by atoms with E-state index in [2.05, 4.69) is 10.3 Å². The molecule has 1 aliphatic heterocycles. The first-order valence-corrected chi connectivity index (χ1v) is 12.2. The van der Waals surface area contributed by atoms with Gasteiger partial charge in [-0.25, -0.2) is 14.6 Å². The molecule has 9 nitrogen and oxygen atoms in total. The number of esters is 1. The number of rotatable bonds is 4. The zero-order valence-electron chi connectivity index (χ0n) is 20.2. The van der Waals surface area contributed by atoms with Gasteiger partial charge in [0.25, 0.3) is 11.8 Å². The number of carboxylic acids is 1. The van der Waals surface area contributed by atoms with Gasteiger partial charge in [-0.15, -0.1) is 0 Å². The minimum atomic E-state index is -1.13. The van der Waals surface area contributed by atoms with Crippen LogP contribution in [0.25, 0.3) is 0 Å². The normalized spacial score (nSPS) is 20.4. The summed E-state index contributed by atoms with van der Waals surface area (Å²) < 4.78 is 15.7. The Morgan fingerprint density at radius 2 is 1.51 bits per heavy atom. The Bertz CT molecular complexity index is 1110. The molecule has 0 radical (unpaired) electrons. The molecule has 3 heterocycles. The highest BCUT2D eigenvalue weighted by Gasteiger charge is 2.47. The molecule has 0 unspecified atom stereocenters. The lowest BCUT2D eigenvalue weighted by atomic mass is 9.81. The Balaban J connectivity index is 0.000000165. The Morgan fingerprint density at radius 1 is 0.914 bits per heavy atom. The van der Waals surface area contributed by atoms with Gasteiger partial charge < -0.3 is 24.0 Å². The number of aliphatic carboxylic acids is 1. The second kappa shape index (κ2) is 10.1. The number of nitrogens with zero attached hydrogens (tertiary/aromatic N) is 1. The second-order valence-corrected chi connectivity index (χ2v) is 9.67. The second-order valence-electron chi connectivity index (χ2n) is 9.67. The summed E-state index contributed by atoms with van der Waals surface area (Å²) in [7, 11) is 0. The molecule has 2 saturated carbocycles. The van der Waals surface area contributed by atoms with Crippen LogP contribution in [-0.2, 0) is 14.3 Å². The van der Waals surface area contributed by atoms with Crippen molar-refractivity contribution in [2.24, 2.45) is 4.99 Å². The van der Waals surface area contributed by atoms with E-state index in [4.69, 9.17) is 13.6 Å². The molecular formula is C26H32N2O7. The molecule has 0 bridgehead atoms. The van der Waals surface area contributed by atoms with Crippen molar-refractivity contribution in [1.82, 2.24) is 5.32 Å². The number of aliphatic imine (C=N–C) groups is 1. The summed E-state index contributed by atoms with van der Waals surface area (Å²) in [4.78, 5) is 40.0. The number of hydrogen-bond acceptors (Lipinski definition) is 7. The average molecular weight is 485 g/mol. The molecule has 2 fully saturated rings. The van der Waals surface area contributed by atoms with E-state index in [9.17, 15) is 19.5 Å². The molecule has 35 heavy (non-hydrogen) atoms. The molecular weight excluding hydrogens is 452 g/mol. The minimum Gasteiger partial charge on any atom is -0.480 e. The molecule has 2 aliphatic carbocycles. The van der Waals surface area contributed by atoms with Crippen LogP contribution in [0.15, 0.2) is 38.5 Å². The number of carbonyl (C=O) groups is 3. The van der Waals surface area contributed by atoms with Gasteiger partial charge in [-0.1, -0.05) is 38.5 Å². The predicted octanol–water partition coefficient (Wildman–Crippen LogP) is 4.70. The van der Waals surface area contributed by atoms with E-state index >= 15 is 0 Å². The van der Waals surface area contributed by atoms with Gasteiger partial charge in [0.1, 0.15) is 5.54 Å². The van der Waals surface area contributed by atoms with Crippen molar-refractivity contribution in [1.29, 1.82) is 0 Å². The lowest BCUT2D eigenvalue weighted by Gasteiger charge is -2.33. The predicted molar refractivity (Wildman–Crippen MR) is 126 cm³/mol. The fraction of sp³-hybridized carbons (Fsp3) is 0.538. The summed E-state index contributed by atoms with van der Waals surface area (Å²) in [5.41, 5.74) is -0.0882. The van der Waals surface area contributed by atoms with Crippen molar-refractivity contribution in [2.75, 3.05) is 0 Å². The van der Waals surface area contributed by atoms with Crippen LogP contribution in [0.5, 0.6) is 0 Å². The van der Waals surface area contributed by atoms with E-state index in [1.165, 1.54) is 12.7 Å². The molecule has 188 valence electrons. The van der Waals surface area contributed by atoms with Crippen LogP contribution >= 0.6 is 0 Å². The standard InChI is InChI=1S/C13H17NO4.C13H15NO3/c1-9-5-8-18-10(9)11(15)14-13(12(16)17)6-3-2-4-7-13;1-9-5-8-16-10(9)11-14-13(12(15)17-11)6-3-2-4-7-13/h5,8H,2-4,6-7H2,1H3,(H,14,15)(H,16,17);5,8H,2-4,6-7H2,1H3. The van der Waals surface area contributed by atoms with Crippen molar-refractivity contribution in [3.63, 3.8) is 0 Å². The molecule has 2 aromatic rings. The SMILES string of the molecule is Cc1ccoc1C(=O)NC1(C(=O)O)CCCCC1.Cc1ccoc1C1=NC2(CCCCC2)C(=O)O1. The van der Waals surface area contributed by atoms with Crippen LogP contribution in [-0.4, -0.2) is 39.9 Å². The fourth-order valence-corrected chi connectivity index (χ4v) is 5.01. The Kier molecular flexibility index (Phi) is 7.14. The Labute approximate surface area is 203 Å². The number of nitrogens with one attached hydrogen (secondary N) is 1. The van der Waals surface area contributed by atoms with Crippen LogP contribution in [0.1, 0.15) is 91.7 Å². The number of amides is 1. The third kappa shape index (κ3) is 5.04. The highest BCUT2D eigenvalue weighted by atomic mass is 16.6. The smallest absolute Gasteiger partial charge is 0.341 e. The van der Waals surface area contributed by atoms with Crippen LogP contribution in [0.4, 0.5) is 0 Å². The average Bonchev–Trinajstić information content (AvgIpc) is 3.55. The van der Waals surface area contributed by atoms with Gasteiger partial charge in [-0.2, -0.15) is 0 Å². The lowest BCUT2D eigenvalue weighted by molar-refractivity contribution is -0.146. The first-order valence-electron chi connectivity index (χ1n) is 12.2. The molecule has 5 rings (SSSR count). The van der Waals surface area contributed by atoms with E-state index in [1.54, 1.807) is 19.3 Å². The van der Waals surface area contributed by atoms with Crippen molar-refractivity contribution in [2.45, 2.75) is 89.1 Å². The zero-order chi connectivity index (χ0) is 25.1. The number of aryl methyl sites for hydroxylation is 2. The van der Waals surface area contributed by atoms with Gasteiger partial charge >= 0.3 is 11.9 Å². The van der Waals surface area contributed by atoms with Crippen LogP contribution in [0.2, 0.25) is 0 Å². The molecule has 1 amide bonds. The summed E-state index contributed by atoms with van der Waals surface area (Å²) >= 11 is 0. The Morgan fingerprint density at radius 3 is 2.06 bits per heavy atom. The number of carbonyl (C=O) groups excluding carboxylic acids is 2. The number of cyclic esters (lactones) is 1. The molecule has 0 saturated heterocycles. The van der Waals surface area contributed by atoms with E-state index in [1.807, 2.05) is 13.0 Å². The molecule has 0 atom stereocenters. The third-order valence-electron chi connectivity index (χ3n) is 7.16. The maximum atomic E-state index is 12.0. The first kappa shape index (κ1) is 24.8. The first-order chi connectivity index (χ1) is 16.8. The van der Waals surface area contributed by atoms with E-state index in [0.717, 1.165) is 50.5 Å². The lowest BCUT2D eigenvalue weighted by Crippen LogP contribution is -2.55. The summed E-state index contributed by atoms with van der Waals surface area (Å²) in [5.74, 6) is -0.467. The maximum absolute atomic E-state index is 12.0. The van der Waals surface area contributed by atoms with Gasteiger partial charge in [0, 0.05) is 11.1 Å². The van der Waals surface area contributed by atoms with Crippen LogP contribution in [0.3, 0.4) is 0 Å². The van der Waals surface area contributed by atoms with E-state index in [0.29, 0.717) is 30.1 Å². The van der Waals surface area contributed by atoms with Crippen LogP contribution in [0, 0.1) is 13.8 Å². The van der Waals surface area contributed by atoms with E-state index < -0.39 is 23.0 Å². The van der Waals surface area contributed by atoms with Gasteiger partial charge in [-0.3, -0.25) is 4.79 Å². The van der Waals surface area contributed by atoms with Gasteiger partial charge in [-0.05, 0) is 51.7 Å². The van der Waals surface area contributed by atoms with Crippen molar-refractivity contribution >= 4 is 23.7 Å². The molecule has 3 aliphatic rings. The highest BCUT2D eigenvalue weighted by molar-refractivity contribution is 6.07. The van der Waals surface area contributed by atoms with Crippen molar-refractivity contribution in [3.05, 3.63) is 47.3 Å². The molecule has 1 spiro atoms. The number of ether oxygens (including phenoxy) is 1. The van der Waals surface area contributed by atoms with E-state index in [-0.39, 0.29) is 11.7 Å². The molecule has 0 aromatic carbocycles. The fourth-order valence-electron chi connectivity index (χ4n) is 5.01. The number of furan rings is 2. The number of hydrogen-bond donors (Lipinski definition) is 2. The molecule has 2 N–H and O–H groups in total. The van der Waals surface area contributed by atoms with Gasteiger partial charge in [0.2, 0.25) is 0 Å². The third-order valence-corrected chi connectivity index (χ3v) is 7.16. The summed E-state index contributed by atoms with van der Waals surface area (Å²) in [6.45, 7) is 3.67. The topological polar surface area (TPSA) is 131 Å². The minimum absolute atomic E-state index is 0.196. The van der Waals surface area contributed by atoms with Gasteiger partial charge in [0.15, 0.2) is 17.1 Å². The highest BCUT2D eigenvalue weighted by Crippen LogP contribution is 2.37. The summed E-state index contributed by atoms with van der Waals surface area (Å²) in [6.07, 6.45) is 11.5. The van der Waals surface area contributed by atoms with Gasteiger partial charge in [0.05, 0.1) is 12.5 Å². The molecule has 9 heteroatoms. The van der Waals surface area contributed by atoms with Crippen molar-refractivity contribution in [3.8, 4) is 0 Å². The maximum Gasteiger partial charge on any atom is 0.341 e. The monoisotopic (exact) mass is 484 g/mol.